The molecule has 3 rings (SSSR count). The second kappa shape index (κ2) is 8.87. The lowest BCUT2D eigenvalue weighted by molar-refractivity contribution is 0.577. The number of piperidine rings is 1. The molecule has 138 valence electrons. The third kappa shape index (κ3) is 4.98. The molecule has 2 aromatic carbocycles. The second-order valence-electron chi connectivity index (χ2n) is 6.92. The van der Waals surface area contributed by atoms with E-state index < -0.39 is 0 Å². The van der Waals surface area contributed by atoms with E-state index >= 15 is 0 Å². The molecule has 5 heteroatoms. The van der Waals surface area contributed by atoms with Crippen LogP contribution >= 0.6 is 28.1 Å². The highest BCUT2D eigenvalue weighted by Crippen LogP contribution is 2.23. The molecule has 0 unspecified atom stereocenters. The van der Waals surface area contributed by atoms with Crippen molar-refractivity contribution in [3.8, 4) is 0 Å². The molecule has 0 aromatic heterocycles. The van der Waals surface area contributed by atoms with Crippen LogP contribution in [0.25, 0.3) is 0 Å². The number of thiocarbonyl (C=S) groups is 1. The number of nitrogens with zero attached hydrogens (tertiary/aromatic N) is 1. The molecule has 2 N–H and O–H groups in total. The minimum atomic E-state index is 0.155. The molecule has 1 saturated heterocycles. The predicted octanol–water partition coefficient (Wildman–Crippen LogP) is 5.80. The van der Waals surface area contributed by atoms with Gasteiger partial charge in [0.1, 0.15) is 0 Å². The first-order valence-electron chi connectivity index (χ1n) is 9.21. The first-order valence-corrected chi connectivity index (χ1v) is 10.4. The maximum absolute atomic E-state index is 5.47. The van der Waals surface area contributed by atoms with E-state index in [1.807, 2.05) is 12.1 Å². The molecular weight excluding hydrogens is 406 g/mol. The first kappa shape index (κ1) is 19.2. The van der Waals surface area contributed by atoms with Gasteiger partial charge in [0.25, 0.3) is 0 Å². The van der Waals surface area contributed by atoms with Gasteiger partial charge in [-0.25, -0.2) is 0 Å². The molecule has 26 heavy (non-hydrogen) atoms. The van der Waals surface area contributed by atoms with Crippen molar-refractivity contribution in [2.45, 2.75) is 39.2 Å². The summed E-state index contributed by atoms with van der Waals surface area (Å²) in [7, 11) is 0. The zero-order valence-electron chi connectivity index (χ0n) is 15.4. The average Bonchev–Trinajstić information content (AvgIpc) is 2.65. The predicted molar refractivity (Wildman–Crippen MR) is 119 cm³/mol. The Balaban J connectivity index is 1.57. The molecule has 1 atom stereocenters. The number of aryl methyl sites for hydroxylation is 1. The Hall–Kier alpha value is -1.59. The van der Waals surface area contributed by atoms with E-state index in [0.29, 0.717) is 5.11 Å². The van der Waals surface area contributed by atoms with Gasteiger partial charge in [-0.05, 0) is 86.8 Å². The van der Waals surface area contributed by atoms with Crippen LogP contribution in [0.2, 0.25) is 0 Å². The molecule has 0 aliphatic carbocycles. The van der Waals surface area contributed by atoms with Crippen molar-refractivity contribution in [1.82, 2.24) is 5.32 Å². The van der Waals surface area contributed by atoms with Gasteiger partial charge in [-0.15, -0.1) is 0 Å². The van der Waals surface area contributed by atoms with Crippen LogP contribution in [0.4, 0.5) is 11.4 Å². The fraction of sp³-hybridized carbons (Fsp3) is 0.381. The van der Waals surface area contributed by atoms with Crippen molar-refractivity contribution in [2.24, 2.45) is 0 Å². The Morgan fingerprint density at radius 1 is 1.08 bits per heavy atom. The van der Waals surface area contributed by atoms with Gasteiger partial charge in [-0.3, -0.25) is 0 Å². The van der Waals surface area contributed by atoms with Crippen molar-refractivity contribution >= 4 is 44.6 Å². The van der Waals surface area contributed by atoms with Crippen LogP contribution in [-0.2, 0) is 0 Å². The van der Waals surface area contributed by atoms with E-state index in [1.54, 1.807) is 0 Å². The van der Waals surface area contributed by atoms with Gasteiger partial charge in [0, 0.05) is 28.9 Å². The lowest BCUT2D eigenvalue weighted by Gasteiger charge is -2.29. The van der Waals surface area contributed by atoms with Crippen molar-refractivity contribution in [1.29, 1.82) is 0 Å². The maximum atomic E-state index is 5.47. The lowest BCUT2D eigenvalue weighted by atomic mass is 10.1. The number of nitrogens with one attached hydrogen (secondary N) is 2. The highest BCUT2D eigenvalue weighted by atomic mass is 79.9. The van der Waals surface area contributed by atoms with Gasteiger partial charge >= 0.3 is 0 Å². The van der Waals surface area contributed by atoms with E-state index in [9.17, 15) is 0 Å². The molecule has 0 spiro atoms. The molecule has 0 amide bonds. The van der Waals surface area contributed by atoms with Crippen LogP contribution in [0, 0.1) is 6.92 Å². The van der Waals surface area contributed by atoms with Crippen LogP contribution in [0.1, 0.15) is 43.4 Å². The number of benzene rings is 2. The van der Waals surface area contributed by atoms with E-state index in [4.69, 9.17) is 12.2 Å². The van der Waals surface area contributed by atoms with Gasteiger partial charge < -0.3 is 15.5 Å². The summed E-state index contributed by atoms with van der Waals surface area (Å²) in [5.74, 6) is 0. The maximum Gasteiger partial charge on any atom is 0.171 e. The second-order valence-corrected chi connectivity index (χ2v) is 8.19. The summed E-state index contributed by atoms with van der Waals surface area (Å²) in [6.07, 6.45) is 3.96. The third-order valence-electron chi connectivity index (χ3n) is 4.88. The minimum Gasteiger partial charge on any atom is -0.372 e. The zero-order chi connectivity index (χ0) is 18.5. The Kier molecular flexibility index (Phi) is 6.54. The highest BCUT2D eigenvalue weighted by molar-refractivity contribution is 9.10. The summed E-state index contributed by atoms with van der Waals surface area (Å²) in [5.41, 5.74) is 4.74. The van der Waals surface area contributed by atoms with Crippen LogP contribution in [0.15, 0.2) is 46.9 Å². The van der Waals surface area contributed by atoms with Crippen LogP contribution in [0.3, 0.4) is 0 Å². The average molecular weight is 432 g/mol. The van der Waals surface area contributed by atoms with Gasteiger partial charge in [0.2, 0.25) is 0 Å². The summed E-state index contributed by atoms with van der Waals surface area (Å²) >= 11 is 9.00. The molecule has 3 nitrogen and oxygen atoms in total. The number of anilines is 2. The lowest BCUT2D eigenvalue weighted by Crippen LogP contribution is -2.31. The summed E-state index contributed by atoms with van der Waals surface area (Å²) in [6.45, 7) is 6.55. The molecular formula is C21H26BrN3S. The van der Waals surface area contributed by atoms with Crippen LogP contribution in [0.5, 0.6) is 0 Å². The van der Waals surface area contributed by atoms with Crippen molar-refractivity contribution < 1.29 is 0 Å². The first-order chi connectivity index (χ1) is 12.5. The smallest absolute Gasteiger partial charge is 0.171 e. The molecule has 1 heterocycles. The fourth-order valence-electron chi connectivity index (χ4n) is 3.30. The zero-order valence-corrected chi connectivity index (χ0v) is 17.8. The topological polar surface area (TPSA) is 27.3 Å². The van der Waals surface area contributed by atoms with Gasteiger partial charge in [-0.2, -0.15) is 0 Å². The Morgan fingerprint density at radius 2 is 1.77 bits per heavy atom. The Morgan fingerprint density at radius 3 is 2.42 bits per heavy atom. The minimum absolute atomic E-state index is 0.155. The van der Waals surface area contributed by atoms with Crippen molar-refractivity contribution in [3.05, 3.63) is 58.1 Å². The van der Waals surface area contributed by atoms with Gasteiger partial charge in [-0.1, -0.05) is 28.1 Å². The summed E-state index contributed by atoms with van der Waals surface area (Å²) in [5, 5.41) is 7.28. The van der Waals surface area contributed by atoms with Crippen molar-refractivity contribution in [3.63, 3.8) is 0 Å². The largest absolute Gasteiger partial charge is 0.372 e. The van der Waals surface area contributed by atoms with E-state index in [2.05, 4.69) is 75.6 Å². The summed E-state index contributed by atoms with van der Waals surface area (Å²) in [6, 6.07) is 15.1. The number of rotatable bonds is 4. The number of hydrogen-bond donors (Lipinski definition) is 2. The molecule has 0 saturated carbocycles. The third-order valence-corrected chi connectivity index (χ3v) is 5.99. The van der Waals surface area contributed by atoms with E-state index in [0.717, 1.165) is 10.2 Å². The molecule has 0 bridgehead atoms. The van der Waals surface area contributed by atoms with Gasteiger partial charge in [0.05, 0.1) is 6.04 Å². The Labute approximate surface area is 170 Å². The monoisotopic (exact) mass is 431 g/mol. The standard InChI is InChI=1S/C21H26BrN3S/c1-15-14-18(8-11-20(15)22)24-21(26)23-16(2)17-6-9-19(10-7-17)25-12-4-3-5-13-25/h6-11,14,16H,3-5,12-13H2,1-2H3,(H2,23,24,26)/t16-/m0/s1. The normalized spacial score (nSPS) is 15.4. The van der Waals surface area contributed by atoms with E-state index in [-0.39, 0.29) is 6.04 Å². The molecule has 1 fully saturated rings. The molecule has 1 aliphatic rings. The van der Waals surface area contributed by atoms with Crippen LogP contribution < -0.4 is 15.5 Å². The molecule has 1 aliphatic heterocycles. The quantitative estimate of drug-likeness (QED) is 0.598. The summed E-state index contributed by atoms with van der Waals surface area (Å²) < 4.78 is 1.10. The Bertz CT molecular complexity index is 754. The summed E-state index contributed by atoms with van der Waals surface area (Å²) in [4.78, 5) is 2.48. The van der Waals surface area contributed by atoms with E-state index in [1.165, 1.54) is 49.2 Å². The molecule has 2 aromatic rings. The van der Waals surface area contributed by atoms with Gasteiger partial charge in [0.15, 0.2) is 5.11 Å². The van der Waals surface area contributed by atoms with Crippen LogP contribution in [-0.4, -0.2) is 18.2 Å². The number of halogens is 1. The highest BCUT2D eigenvalue weighted by Gasteiger charge is 2.12. The molecule has 0 radical (unpaired) electrons. The number of hydrogen-bond acceptors (Lipinski definition) is 2. The fourth-order valence-corrected chi connectivity index (χ4v) is 3.84. The SMILES string of the molecule is Cc1cc(NC(=S)N[C@@H](C)c2ccc(N3CCCCC3)cc2)ccc1Br. The van der Waals surface area contributed by atoms with Crippen molar-refractivity contribution in [2.75, 3.05) is 23.3 Å².